The summed E-state index contributed by atoms with van der Waals surface area (Å²) in [5.41, 5.74) is 2.93. The Morgan fingerprint density at radius 2 is 1.90 bits per heavy atom. The van der Waals surface area contributed by atoms with Crippen LogP contribution in [0.15, 0.2) is 65.8 Å². The molecule has 144 valence electrons. The number of benzene rings is 2. The van der Waals surface area contributed by atoms with Crippen LogP contribution >= 0.6 is 24.0 Å². The molecule has 0 saturated carbocycles. The molecule has 1 saturated heterocycles. The highest BCUT2D eigenvalue weighted by Crippen LogP contribution is 2.35. The van der Waals surface area contributed by atoms with Gasteiger partial charge in [-0.15, -0.1) is 0 Å². The van der Waals surface area contributed by atoms with Crippen molar-refractivity contribution in [1.29, 1.82) is 0 Å². The molecule has 3 aromatic rings. The number of carboxylic acid groups (broad SMARTS) is 1. The highest BCUT2D eigenvalue weighted by Gasteiger charge is 2.40. The molecule has 2 heterocycles. The van der Waals surface area contributed by atoms with Crippen LogP contribution in [0.3, 0.4) is 0 Å². The number of para-hydroxylation sites is 1. The molecule has 1 unspecified atom stereocenters. The molecule has 1 aliphatic rings. The molecule has 2 aromatic carbocycles. The average Bonchev–Trinajstić information content (AvgIpc) is 3.00. The van der Waals surface area contributed by atoms with Crippen molar-refractivity contribution >= 4 is 57.3 Å². The van der Waals surface area contributed by atoms with E-state index in [2.05, 4.69) is 9.97 Å². The Hall–Kier alpha value is -3.10. The minimum absolute atomic E-state index is 0.176. The van der Waals surface area contributed by atoms with Crippen LogP contribution in [0.2, 0.25) is 0 Å². The van der Waals surface area contributed by atoms with Crippen LogP contribution in [-0.4, -0.2) is 42.2 Å². The van der Waals surface area contributed by atoms with Crippen molar-refractivity contribution in [3.8, 4) is 0 Å². The maximum Gasteiger partial charge on any atom is 0.327 e. The van der Waals surface area contributed by atoms with Gasteiger partial charge in [-0.2, -0.15) is 0 Å². The Bertz CT molecular complexity index is 1140. The second-order valence-electron chi connectivity index (χ2n) is 6.37. The van der Waals surface area contributed by atoms with Gasteiger partial charge in [-0.25, -0.2) is 4.79 Å². The van der Waals surface area contributed by atoms with Crippen molar-refractivity contribution in [2.24, 2.45) is 0 Å². The number of carbonyl (C=O) groups is 2. The number of aromatic nitrogens is 2. The molecule has 0 aliphatic carbocycles. The van der Waals surface area contributed by atoms with Gasteiger partial charge in [0.25, 0.3) is 5.91 Å². The molecule has 1 amide bonds. The summed E-state index contributed by atoms with van der Waals surface area (Å²) in [4.78, 5) is 35.1. The van der Waals surface area contributed by atoms with Crippen LogP contribution in [0.1, 0.15) is 11.1 Å². The lowest BCUT2D eigenvalue weighted by atomic mass is 10.0. The summed E-state index contributed by atoms with van der Waals surface area (Å²) in [6.07, 6.45) is 5.06. The van der Waals surface area contributed by atoms with E-state index < -0.39 is 17.9 Å². The van der Waals surface area contributed by atoms with Gasteiger partial charge in [-0.1, -0.05) is 66.4 Å². The fraction of sp³-hybridized carbons (Fsp3) is 0.0952. The van der Waals surface area contributed by atoms with Gasteiger partial charge in [-0.05, 0) is 17.7 Å². The monoisotopic (exact) mass is 421 g/mol. The third kappa shape index (κ3) is 3.90. The zero-order valence-electron chi connectivity index (χ0n) is 15.1. The smallest absolute Gasteiger partial charge is 0.327 e. The molecule has 1 aromatic heterocycles. The SMILES string of the molecule is O=C(O)C(Cc1ccccc1)N1C(=O)/C(=C/c2cccc3nccnc23)SC1=S. The largest absolute Gasteiger partial charge is 0.480 e. The van der Waals surface area contributed by atoms with Gasteiger partial charge in [0.15, 0.2) is 0 Å². The lowest BCUT2D eigenvalue weighted by Gasteiger charge is -2.23. The summed E-state index contributed by atoms with van der Waals surface area (Å²) >= 11 is 6.45. The standard InChI is InChI=1S/C21H15N3O3S2/c25-19-17(12-14-7-4-8-15-18(14)23-10-9-22-15)29-21(28)24(19)16(20(26)27)11-13-5-2-1-3-6-13/h1-10,12,16H,11H2,(H,26,27)/b17-12-. The lowest BCUT2D eigenvalue weighted by Crippen LogP contribution is -2.45. The lowest BCUT2D eigenvalue weighted by molar-refractivity contribution is -0.145. The molecule has 6 nitrogen and oxygen atoms in total. The van der Waals surface area contributed by atoms with Crippen LogP contribution in [0.4, 0.5) is 0 Å². The highest BCUT2D eigenvalue weighted by atomic mass is 32.2. The maximum atomic E-state index is 13.0. The second-order valence-corrected chi connectivity index (χ2v) is 8.04. The molecule has 0 bridgehead atoms. The summed E-state index contributed by atoms with van der Waals surface area (Å²) in [5.74, 6) is -1.51. The first-order valence-electron chi connectivity index (χ1n) is 8.78. The van der Waals surface area contributed by atoms with E-state index in [4.69, 9.17) is 12.2 Å². The molecular formula is C21H15N3O3S2. The minimum Gasteiger partial charge on any atom is -0.480 e. The van der Waals surface area contributed by atoms with Crippen molar-refractivity contribution in [3.63, 3.8) is 0 Å². The van der Waals surface area contributed by atoms with Crippen LogP contribution in [-0.2, 0) is 16.0 Å². The molecule has 1 N–H and O–H groups in total. The predicted octanol–water partition coefficient (Wildman–Crippen LogP) is 3.53. The summed E-state index contributed by atoms with van der Waals surface area (Å²) in [5, 5.41) is 9.75. The highest BCUT2D eigenvalue weighted by molar-refractivity contribution is 8.26. The molecule has 0 spiro atoms. The number of aliphatic carboxylic acids is 1. The molecule has 1 atom stereocenters. The van der Waals surface area contributed by atoms with E-state index in [1.807, 2.05) is 48.5 Å². The third-order valence-electron chi connectivity index (χ3n) is 4.51. The number of carbonyl (C=O) groups excluding carboxylic acids is 1. The van der Waals surface area contributed by atoms with E-state index in [0.717, 1.165) is 22.9 Å². The average molecular weight is 422 g/mol. The van der Waals surface area contributed by atoms with Crippen LogP contribution in [0.5, 0.6) is 0 Å². The number of carboxylic acids is 1. The Morgan fingerprint density at radius 1 is 1.14 bits per heavy atom. The van der Waals surface area contributed by atoms with E-state index in [-0.39, 0.29) is 10.7 Å². The van der Waals surface area contributed by atoms with Crippen molar-refractivity contribution in [2.45, 2.75) is 12.5 Å². The topological polar surface area (TPSA) is 83.4 Å². The van der Waals surface area contributed by atoms with Crippen molar-refractivity contribution in [3.05, 3.63) is 77.0 Å². The Balaban J connectivity index is 1.67. The van der Waals surface area contributed by atoms with Gasteiger partial charge in [-0.3, -0.25) is 19.7 Å². The van der Waals surface area contributed by atoms with Gasteiger partial charge in [0, 0.05) is 24.4 Å². The number of hydrogen-bond donors (Lipinski definition) is 1. The normalized spacial score (nSPS) is 16.6. The van der Waals surface area contributed by atoms with E-state index in [1.165, 1.54) is 4.90 Å². The number of thiocarbonyl (C=S) groups is 1. The fourth-order valence-corrected chi connectivity index (χ4v) is 4.50. The van der Waals surface area contributed by atoms with Crippen LogP contribution in [0, 0.1) is 0 Å². The van der Waals surface area contributed by atoms with Gasteiger partial charge in [0.05, 0.1) is 15.9 Å². The van der Waals surface area contributed by atoms with Gasteiger partial charge in [0.2, 0.25) is 0 Å². The number of fused-ring (bicyclic) bond motifs is 1. The maximum absolute atomic E-state index is 13.0. The Morgan fingerprint density at radius 3 is 2.66 bits per heavy atom. The zero-order valence-corrected chi connectivity index (χ0v) is 16.7. The number of amides is 1. The van der Waals surface area contributed by atoms with Crippen molar-refractivity contribution in [2.75, 3.05) is 0 Å². The fourth-order valence-electron chi connectivity index (χ4n) is 3.15. The minimum atomic E-state index is -1.09. The van der Waals surface area contributed by atoms with Gasteiger partial charge < -0.3 is 5.11 Å². The van der Waals surface area contributed by atoms with Gasteiger partial charge in [0.1, 0.15) is 10.4 Å². The summed E-state index contributed by atoms with van der Waals surface area (Å²) in [6.45, 7) is 0. The molecule has 4 rings (SSSR count). The number of nitrogens with zero attached hydrogens (tertiary/aromatic N) is 3. The number of rotatable bonds is 5. The Labute approximate surface area is 176 Å². The van der Waals surface area contributed by atoms with E-state index in [9.17, 15) is 14.7 Å². The van der Waals surface area contributed by atoms with E-state index in [1.54, 1.807) is 18.5 Å². The van der Waals surface area contributed by atoms with Crippen LogP contribution < -0.4 is 0 Å². The first kappa shape index (κ1) is 19.2. The molecule has 1 fully saturated rings. The first-order valence-corrected chi connectivity index (χ1v) is 10.0. The van der Waals surface area contributed by atoms with Crippen molar-refractivity contribution < 1.29 is 14.7 Å². The summed E-state index contributed by atoms with van der Waals surface area (Å²) in [7, 11) is 0. The number of hydrogen-bond acceptors (Lipinski definition) is 6. The molecule has 29 heavy (non-hydrogen) atoms. The van der Waals surface area contributed by atoms with Crippen LogP contribution in [0.25, 0.3) is 17.1 Å². The summed E-state index contributed by atoms with van der Waals surface area (Å²) in [6, 6.07) is 13.6. The van der Waals surface area contributed by atoms with E-state index >= 15 is 0 Å². The predicted molar refractivity (Wildman–Crippen MR) is 116 cm³/mol. The zero-order chi connectivity index (χ0) is 20.4. The Kier molecular flexibility index (Phi) is 5.37. The first-order chi connectivity index (χ1) is 14.0. The number of thioether (sulfide) groups is 1. The third-order valence-corrected chi connectivity index (χ3v) is 5.84. The second kappa shape index (κ2) is 8.10. The molecule has 8 heteroatoms. The molecular weight excluding hydrogens is 406 g/mol. The van der Waals surface area contributed by atoms with E-state index in [0.29, 0.717) is 15.9 Å². The summed E-state index contributed by atoms with van der Waals surface area (Å²) < 4.78 is 0.232. The quantitative estimate of drug-likeness (QED) is 0.498. The van der Waals surface area contributed by atoms with Gasteiger partial charge >= 0.3 is 5.97 Å². The van der Waals surface area contributed by atoms with Crippen molar-refractivity contribution in [1.82, 2.24) is 14.9 Å². The molecule has 1 aliphatic heterocycles. The molecule has 0 radical (unpaired) electrons.